The Morgan fingerprint density at radius 3 is 2.94 bits per heavy atom. The van der Waals surface area contributed by atoms with Gasteiger partial charge in [0.05, 0.1) is 0 Å². The minimum Gasteiger partial charge on any atom is -0.296 e. The lowest BCUT2D eigenvalue weighted by atomic mass is 10.1. The van der Waals surface area contributed by atoms with Crippen molar-refractivity contribution in [3.8, 4) is 0 Å². The van der Waals surface area contributed by atoms with Gasteiger partial charge in [-0.05, 0) is 43.9 Å². The Kier molecular flexibility index (Phi) is 5.33. The zero-order valence-electron chi connectivity index (χ0n) is 10.0. The second-order valence-electron chi connectivity index (χ2n) is 4.69. The summed E-state index contributed by atoms with van der Waals surface area (Å²) in [5.74, 6) is 0. The largest absolute Gasteiger partial charge is 0.296 e. The van der Waals surface area contributed by atoms with Crippen LogP contribution in [0.2, 0.25) is 5.02 Å². The zero-order chi connectivity index (χ0) is 12.1. The van der Waals surface area contributed by atoms with Gasteiger partial charge in [0, 0.05) is 22.9 Å². The standard InChI is InChI=1S/C14H19BrClN/c15-9-3-6-13-7-4-10-17(13)11-12-5-1-2-8-14(12)16/h1-2,5,8,13H,3-4,6-7,9-11H2. The Morgan fingerprint density at radius 1 is 1.35 bits per heavy atom. The van der Waals surface area contributed by atoms with E-state index < -0.39 is 0 Å². The topological polar surface area (TPSA) is 3.24 Å². The van der Waals surface area contributed by atoms with Crippen LogP contribution in [0.3, 0.4) is 0 Å². The zero-order valence-corrected chi connectivity index (χ0v) is 12.4. The molecule has 0 spiro atoms. The van der Waals surface area contributed by atoms with E-state index in [2.05, 4.69) is 33.0 Å². The van der Waals surface area contributed by atoms with Crippen LogP contribution in [0.15, 0.2) is 24.3 Å². The fraction of sp³-hybridized carbons (Fsp3) is 0.571. The molecule has 1 nitrogen and oxygen atoms in total. The molecule has 3 heteroatoms. The van der Waals surface area contributed by atoms with Crippen LogP contribution in [-0.2, 0) is 6.54 Å². The molecule has 0 amide bonds. The minimum atomic E-state index is 0.754. The van der Waals surface area contributed by atoms with Crippen molar-refractivity contribution in [2.75, 3.05) is 11.9 Å². The fourth-order valence-electron chi connectivity index (χ4n) is 2.59. The molecule has 1 fully saturated rings. The van der Waals surface area contributed by atoms with Crippen LogP contribution in [0, 0.1) is 0 Å². The van der Waals surface area contributed by atoms with Crippen LogP contribution >= 0.6 is 27.5 Å². The van der Waals surface area contributed by atoms with Gasteiger partial charge in [0.1, 0.15) is 0 Å². The van der Waals surface area contributed by atoms with Gasteiger partial charge in [-0.25, -0.2) is 0 Å². The summed E-state index contributed by atoms with van der Waals surface area (Å²) in [6, 6.07) is 8.95. The molecule has 0 aromatic heterocycles. The summed E-state index contributed by atoms with van der Waals surface area (Å²) in [5, 5.41) is 2.02. The molecular weight excluding hydrogens is 298 g/mol. The van der Waals surface area contributed by atoms with Gasteiger partial charge in [-0.2, -0.15) is 0 Å². The number of rotatable bonds is 5. The van der Waals surface area contributed by atoms with Crippen molar-refractivity contribution in [2.24, 2.45) is 0 Å². The number of nitrogens with zero attached hydrogens (tertiary/aromatic N) is 1. The van der Waals surface area contributed by atoms with E-state index in [1.54, 1.807) is 0 Å². The first-order valence-corrected chi connectivity index (χ1v) is 7.84. The van der Waals surface area contributed by atoms with E-state index in [1.807, 2.05) is 12.1 Å². The predicted octanol–water partition coefficient (Wildman–Crippen LogP) is 4.48. The van der Waals surface area contributed by atoms with E-state index in [-0.39, 0.29) is 0 Å². The maximum Gasteiger partial charge on any atom is 0.0451 e. The molecule has 94 valence electrons. The van der Waals surface area contributed by atoms with E-state index in [4.69, 9.17) is 11.6 Å². The molecule has 0 aliphatic carbocycles. The third-order valence-electron chi connectivity index (χ3n) is 3.50. The second kappa shape index (κ2) is 6.77. The third kappa shape index (κ3) is 3.70. The normalized spacial score (nSPS) is 20.9. The van der Waals surface area contributed by atoms with E-state index in [1.165, 1.54) is 37.8 Å². The predicted molar refractivity (Wildman–Crippen MR) is 77.9 cm³/mol. The van der Waals surface area contributed by atoms with Gasteiger partial charge >= 0.3 is 0 Å². The Hall–Kier alpha value is -0.0500. The summed E-state index contributed by atoms with van der Waals surface area (Å²) in [6.07, 6.45) is 5.24. The lowest BCUT2D eigenvalue weighted by Crippen LogP contribution is -2.29. The third-order valence-corrected chi connectivity index (χ3v) is 4.43. The van der Waals surface area contributed by atoms with Crippen molar-refractivity contribution < 1.29 is 0 Å². The molecule has 0 saturated carbocycles. The van der Waals surface area contributed by atoms with E-state index in [0.717, 1.165) is 22.9 Å². The lowest BCUT2D eigenvalue weighted by Gasteiger charge is -2.24. The fourth-order valence-corrected chi connectivity index (χ4v) is 3.11. The van der Waals surface area contributed by atoms with Gasteiger partial charge in [0.15, 0.2) is 0 Å². The number of benzene rings is 1. The molecule has 2 rings (SSSR count). The van der Waals surface area contributed by atoms with Crippen molar-refractivity contribution in [3.05, 3.63) is 34.9 Å². The maximum atomic E-state index is 6.22. The first-order valence-electron chi connectivity index (χ1n) is 6.34. The number of hydrogen-bond donors (Lipinski definition) is 0. The number of alkyl halides is 1. The monoisotopic (exact) mass is 315 g/mol. The van der Waals surface area contributed by atoms with E-state index >= 15 is 0 Å². The van der Waals surface area contributed by atoms with Gasteiger partial charge < -0.3 is 0 Å². The van der Waals surface area contributed by atoms with Gasteiger partial charge in [0.2, 0.25) is 0 Å². The smallest absolute Gasteiger partial charge is 0.0451 e. The lowest BCUT2D eigenvalue weighted by molar-refractivity contribution is 0.234. The summed E-state index contributed by atoms with van der Waals surface area (Å²) in [6.45, 7) is 2.23. The molecule has 1 aromatic carbocycles. The molecule has 0 N–H and O–H groups in total. The van der Waals surface area contributed by atoms with Crippen molar-refractivity contribution in [1.29, 1.82) is 0 Å². The first kappa shape index (κ1) is 13.4. The molecular formula is C14H19BrClN. The van der Waals surface area contributed by atoms with Gasteiger partial charge in [-0.3, -0.25) is 4.90 Å². The highest BCUT2D eigenvalue weighted by molar-refractivity contribution is 9.09. The Morgan fingerprint density at radius 2 is 2.18 bits per heavy atom. The van der Waals surface area contributed by atoms with E-state index in [0.29, 0.717) is 0 Å². The molecule has 1 aliphatic rings. The average Bonchev–Trinajstić information content (AvgIpc) is 2.77. The van der Waals surface area contributed by atoms with Crippen LogP contribution in [-0.4, -0.2) is 22.8 Å². The van der Waals surface area contributed by atoms with Crippen molar-refractivity contribution in [2.45, 2.75) is 38.3 Å². The maximum absolute atomic E-state index is 6.22. The van der Waals surface area contributed by atoms with Crippen molar-refractivity contribution in [1.82, 2.24) is 4.90 Å². The summed E-state index contributed by atoms with van der Waals surface area (Å²) in [7, 11) is 0. The summed E-state index contributed by atoms with van der Waals surface area (Å²) >= 11 is 9.74. The van der Waals surface area contributed by atoms with E-state index in [9.17, 15) is 0 Å². The number of halogens is 2. The van der Waals surface area contributed by atoms with Gasteiger partial charge in [0.25, 0.3) is 0 Å². The van der Waals surface area contributed by atoms with Crippen molar-refractivity contribution in [3.63, 3.8) is 0 Å². The molecule has 1 aromatic rings. The highest BCUT2D eigenvalue weighted by Crippen LogP contribution is 2.26. The quantitative estimate of drug-likeness (QED) is 0.724. The molecule has 0 radical (unpaired) electrons. The van der Waals surface area contributed by atoms with Crippen molar-refractivity contribution >= 4 is 27.5 Å². The van der Waals surface area contributed by atoms with Crippen LogP contribution in [0.1, 0.15) is 31.2 Å². The highest BCUT2D eigenvalue weighted by Gasteiger charge is 2.24. The second-order valence-corrected chi connectivity index (χ2v) is 5.89. The molecule has 17 heavy (non-hydrogen) atoms. The molecule has 1 heterocycles. The molecule has 1 saturated heterocycles. The molecule has 1 unspecified atom stereocenters. The molecule has 1 aliphatic heterocycles. The Bertz CT molecular complexity index is 356. The number of hydrogen-bond acceptors (Lipinski definition) is 1. The Labute approximate surface area is 117 Å². The molecule has 1 atom stereocenters. The van der Waals surface area contributed by atoms with Gasteiger partial charge in [-0.1, -0.05) is 45.7 Å². The van der Waals surface area contributed by atoms with Crippen LogP contribution in [0.25, 0.3) is 0 Å². The summed E-state index contributed by atoms with van der Waals surface area (Å²) in [5.41, 5.74) is 1.26. The van der Waals surface area contributed by atoms with Crippen LogP contribution in [0.4, 0.5) is 0 Å². The van der Waals surface area contributed by atoms with Gasteiger partial charge in [-0.15, -0.1) is 0 Å². The van der Waals surface area contributed by atoms with Crippen LogP contribution in [0.5, 0.6) is 0 Å². The SMILES string of the molecule is Clc1ccccc1CN1CCCC1CCCBr. The summed E-state index contributed by atoms with van der Waals surface area (Å²) in [4.78, 5) is 2.59. The first-order chi connectivity index (χ1) is 8.31. The Balaban J connectivity index is 1.95. The highest BCUT2D eigenvalue weighted by atomic mass is 79.9. The average molecular weight is 317 g/mol. The molecule has 0 bridgehead atoms. The summed E-state index contributed by atoms with van der Waals surface area (Å²) < 4.78 is 0. The number of likely N-dealkylation sites (tertiary alicyclic amines) is 1. The minimum absolute atomic E-state index is 0.754. The van der Waals surface area contributed by atoms with Crippen LogP contribution < -0.4 is 0 Å².